The van der Waals surface area contributed by atoms with Crippen molar-refractivity contribution in [2.75, 3.05) is 33.0 Å². The van der Waals surface area contributed by atoms with Crippen LogP contribution in [0.15, 0.2) is 23.3 Å². The van der Waals surface area contributed by atoms with Gasteiger partial charge in [-0.2, -0.15) is 0 Å². The third-order valence-electron chi connectivity index (χ3n) is 18.5. The number of carbonyl (C=O) groups excluding carboxylic acids is 1. The summed E-state index contributed by atoms with van der Waals surface area (Å²) < 4.78 is 29.5. The van der Waals surface area contributed by atoms with Gasteiger partial charge in [-0.3, -0.25) is 4.79 Å². The summed E-state index contributed by atoms with van der Waals surface area (Å²) in [5.41, 5.74) is -2.75. The normalized spacial score (nSPS) is 50.6. The first-order valence-electron chi connectivity index (χ1n) is 23.7. The summed E-state index contributed by atoms with van der Waals surface area (Å²) in [5.74, 6) is -0.824. The molecular weight excluding hydrogens is 868 g/mol. The van der Waals surface area contributed by atoms with E-state index in [4.69, 9.17) is 23.7 Å². The molecule has 0 amide bonds. The maximum atomic E-state index is 13.8. The van der Waals surface area contributed by atoms with Crippen LogP contribution in [0.25, 0.3) is 0 Å². The minimum atomic E-state index is -1.78. The van der Waals surface area contributed by atoms with E-state index in [0.29, 0.717) is 38.5 Å². The van der Waals surface area contributed by atoms with Crippen LogP contribution < -0.4 is 0 Å². The molecule has 0 bridgehead atoms. The van der Waals surface area contributed by atoms with E-state index in [-0.39, 0.29) is 37.9 Å². The van der Waals surface area contributed by atoms with Crippen LogP contribution in [0.1, 0.15) is 92.9 Å². The van der Waals surface area contributed by atoms with E-state index in [9.17, 15) is 71.2 Å². The van der Waals surface area contributed by atoms with E-state index in [1.165, 1.54) is 0 Å². The smallest absolute Gasteiger partial charge is 0.312 e. The van der Waals surface area contributed by atoms with Crippen LogP contribution in [0.5, 0.6) is 0 Å². The Morgan fingerprint density at radius 1 is 0.788 bits per heavy atom. The molecule has 23 atom stereocenters. The highest BCUT2D eigenvalue weighted by atomic mass is 16.7. The number of hydrogen-bond donors (Lipinski definition) is 13. The fourth-order valence-electron chi connectivity index (χ4n) is 13.9. The van der Waals surface area contributed by atoms with Crippen LogP contribution in [0.2, 0.25) is 0 Å². The van der Waals surface area contributed by atoms with Crippen LogP contribution >= 0.6 is 0 Å². The highest BCUT2D eigenvalue weighted by Gasteiger charge is 2.69. The van der Waals surface area contributed by atoms with Crippen LogP contribution in [0.4, 0.5) is 0 Å². The number of fused-ring (bicyclic) bond motifs is 6. The van der Waals surface area contributed by atoms with Crippen molar-refractivity contribution in [2.24, 2.45) is 44.3 Å². The number of rotatable bonds is 13. The molecule has 2 unspecified atom stereocenters. The molecule has 7 aliphatic rings. The average Bonchev–Trinajstić information content (AvgIpc) is 3.29. The Balaban J connectivity index is 1.14. The molecule has 2 saturated heterocycles. The first-order valence-corrected chi connectivity index (χ1v) is 23.7. The molecule has 0 aromatic carbocycles. The minimum Gasteiger partial charge on any atom is -0.462 e. The van der Waals surface area contributed by atoms with Crippen LogP contribution in [0.3, 0.4) is 0 Å². The number of aliphatic hydroxyl groups excluding tert-OH is 13. The van der Waals surface area contributed by atoms with E-state index < -0.39 is 150 Å². The lowest BCUT2D eigenvalue weighted by Crippen LogP contribution is -2.67. The lowest BCUT2D eigenvalue weighted by atomic mass is 9.35. The lowest BCUT2D eigenvalue weighted by molar-refractivity contribution is -0.367. The molecule has 0 radical (unpaired) electrons. The number of allylic oxidation sites excluding steroid dienone is 3. The zero-order chi connectivity index (χ0) is 48.7. The predicted molar refractivity (Wildman–Crippen MR) is 229 cm³/mol. The van der Waals surface area contributed by atoms with Crippen molar-refractivity contribution in [3.8, 4) is 0 Å². The lowest BCUT2D eigenvalue weighted by Gasteiger charge is -2.70. The summed E-state index contributed by atoms with van der Waals surface area (Å²) in [6, 6.07) is 0. The Kier molecular flexibility index (Phi) is 14.8. The molecule has 2 heterocycles. The van der Waals surface area contributed by atoms with Crippen LogP contribution in [-0.2, 0) is 28.5 Å². The van der Waals surface area contributed by atoms with Crippen molar-refractivity contribution < 1.29 is 94.9 Å². The maximum Gasteiger partial charge on any atom is 0.312 e. The highest BCUT2D eigenvalue weighted by molar-refractivity contribution is 5.77. The van der Waals surface area contributed by atoms with Crippen LogP contribution in [0, 0.1) is 44.3 Å². The Hall–Kier alpha value is -1.73. The zero-order valence-corrected chi connectivity index (χ0v) is 38.9. The van der Waals surface area contributed by atoms with Crippen molar-refractivity contribution in [1.82, 2.24) is 0 Å². The molecule has 378 valence electrons. The molecule has 0 spiro atoms. The van der Waals surface area contributed by atoms with Crippen molar-refractivity contribution >= 4 is 5.97 Å². The first-order chi connectivity index (χ1) is 30.9. The predicted octanol–water partition coefficient (Wildman–Crippen LogP) is -1.72. The fourth-order valence-corrected chi connectivity index (χ4v) is 13.9. The van der Waals surface area contributed by atoms with Crippen LogP contribution in [-0.4, -0.2) is 197 Å². The maximum absolute atomic E-state index is 13.8. The van der Waals surface area contributed by atoms with Gasteiger partial charge in [0.05, 0.1) is 50.2 Å². The largest absolute Gasteiger partial charge is 0.462 e. The number of aliphatic hydroxyl groups is 13. The standard InChI is InChI=1S/C47H76O19/c1-22-32(55)38(66-39-36(59)35(58)34(57)27(18-49)64-39)37(60)40(63-22)65-31-10-11-43(3)28(44(31,4)20-50)9-12-45(5)29(43)8-7-23-24-15-42(2,41(61)62-19-26(53)33(56)25(52)17-48)13-14-47(24,21-51)30(54)16-46(23,45)6/h7-8,22,25-40,48-60H,9-21H2,1-6H3/t22-,25+,26-,27-,28?,29?,30-,31+,32+,33+,34-,35+,36-,37-,38+,39+,40+,42-,43+,44+,45-,46-,47-/m1/s1. The van der Waals surface area contributed by atoms with Gasteiger partial charge < -0.3 is 90.1 Å². The van der Waals surface area contributed by atoms with Gasteiger partial charge in [0.2, 0.25) is 0 Å². The zero-order valence-electron chi connectivity index (χ0n) is 38.9. The van der Waals surface area contributed by atoms with Gasteiger partial charge in [-0.25, -0.2) is 0 Å². The summed E-state index contributed by atoms with van der Waals surface area (Å²) in [6.45, 7) is 9.21. The molecule has 7 rings (SSSR count). The second kappa shape index (κ2) is 18.8. The van der Waals surface area contributed by atoms with E-state index in [1.807, 2.05) is 6.92 Å². The molecule has 2 aliphatic heterocycles. The molecule has 0 aromatic rings. The van der Waals surface area contributed by atoms with Gasteiger partial charge in [-0.1, -0.05) is 45.4 Å². The molecule has 66 heavy (non-hydrogen) atoms. The first kappa shape index (κ1) is 52.1. The molecular formula is C47H76O19. The average molecular weight is 945 g/mol. The molecule has 5 fully saturated rings. The Morgan fingerprint density at radius 2 is 1.47 bits per heavy atom. The van der Waals surface area contributed by atoms with E-state index in [1.54, 1.807) is 13.8 Å². The third-order valence-corrected chi connectivity index (χ3v) is 18.5. The summed E-state index contributed by atoms with van der Waals surface area (Å²) in [5, 5.41) is 138. The van der Waals surface area contributed by atoms with E-state index in [2.05, 4.69) is 32.9 Å². The molecule has 19 heteroatoms. The van der Waals surface area contributed by atoms with Gasteiger partial charge in [0.25, 0.3) is 0 Å². The minimum absolute atomic E-state index is 0.0658. The van der Waals surface area contributed by atoms with Gasteiger partial charge >= 0.3 is 5.97 Å². The Bertz CT molecular complexity index is 1810. The summed E-state index contributed by atoms with van der Waals surface area (Å²) >= 11 is 0. The van der Waals surface area contributed by atoms with E-state index >= 15 is 0 Å². The van der Waals surface area contributed by atoms with Gasteiger partial charge in [0.1, 0.15) is 67.6 Å². The van der Waals surface area contributed by atoms with Gasteiger partial charge in [0, 0.05) is 16.2 Å². The Labute approximate surface area is 385 Å². The van der Waals surface area contributed by atoms with Crippen molar-refractivity contribution in [2.45, 2.75) is 185 Å². The number of esters is 1. The monoisotopic (exact) mass is 944 g/mol. The SMILES string of the molecule is C[C@H]1O[C@@H](O[C@H]2CC[C@@]3(C)C(CC[C@]4(C)C3C=CC3=C5C[C@](C)(C(=O)OC[C@@H](O)[C@@H](O)[C@@H](O)CO)CC[C@]5(CO)[C@H](O)C[C@]34C)[C@]2(C)CO)[C@H](O)[C@@H](O[C@@H]2O[C@H](CO)[C@@H](O)[C@H](O)[C@H]2O)[C@H]1O. The summed E-state index contributed by atoms with van der Waals surface area (Å²) in [6.07, 6.45) is -13.7. The van der Waals surface area contributed by atoms with E-state index in [0.717, 1.165) is 11.1 Å². The van der Waals surface area contributed by atoms with Gasteiger partial charge in [-0.05, 0) is 93.5 Å². The molecule has 13 N–H and O–H groups in total. The van der Waals surface area contributed by atoms with Gasteiger partial charge in [0.15, 0.2) is 12.6 Å². The number of ether oxygens (including phenoxy) is 5. The van der Waals surface area contributed by atoms with Gasteiger partial charge in [-0.15, -0.1) is 0 Å². The number of carbonyl (C=O) groups is 1. The summed E-state index contributed by atoms with van der Waals surface area (Å²) in [4.78, 5) is 13.8. The molecule has 5 aliphatic carbocycles. The highest BCUT2D eigenvalue weighted by Crippen LogP contribution is 2.74. The Morgan fingerprint density at radius 3 is 2.11 bits per heavy atom. The molecule has 0 aromatic heterocycles. The molecule has 19 nitrogen and oxygen atoms in total. The fraction of sp³-hybridized carbons (Fsp3) is 0.894. The van der Waals surface area contributed by atoms with Crippen molar-refractivity contribution in [1.29, 1.82) is 0 Å². The third kappa shape index (κ3) is 8.06. The molecule has 3 saturated carbocycles. The second-order valence-electron chi connectivity index (χ2n) is 22.1. The second-order valence-corrected chi connectivity index (χ2v) is 22.1. The topological polar surface area (TPSA) is 326 Å². The number of hydrogen-bond acceptors (Lipinski definition) is 19. The van der Waals surface area contributed by atoms with Crippen molar-refractivity contribution in [3.63, 3.8) is 0 Å². The quantitative estimate of drug-likeness (QED) is 0.0721. The van der Waals surface area contributed by atoms with Crippen molar-refractivity contribution in [3.05, 3.63) is 23.3 Å². The summed E-state index contributed by atoms with van der Waals surface area (Å²) in [7, 11) is 0.